The van der Waals surface area contributed by atoms with Crippen molar-refractivity contribution in [2.24, 2.45) is 0 Å². The first-order chi connectivity index (χ1) is 12.6. The van der Waals surface area contributed by atoms with Gasteiger partial charge >= 0.3 is 5.97 Å². The van der Waals surface area contributed by atoms with E-state index in [9.17, 15) is 9.59 Å². The van der Waals surface area contributed by atoms with Crippen LogP contribution >= 0.6 is 0 Å². The zero-order valence-electron chi connectivity index (χ0n) is 14.3. The Balaban J connectivity index is 1.85. The number of hydrogen-bond acceptors (Lipinski definition) is 6. The van der Waals surface area contributed by atoms with Gasteiger partial charge in [0, 0.05) is 11.1 Å². The van der Waals surface area contributed by atoms with Crippen LogP contribution in [-0.2, 0) is 9.53 Å². The molecular weight excluding hydrogens is 334 g/mol. The first-order valence-corrected chi connectivity index (χ1v) is 7.92. The molecule has 7 heteroatoms. The molecule has 0 saturated heterocycles. The maximum atomic E-state index is 12.4. The first kappa shape index (κ1) is 17.3. The van der Waals surface area contributed by atoms with Gasteiger partial charge in [0.2, 0.25) is 11.9 Å². The summed E-state index contributed by atoms with van der Waals surface area (Å²) in [4.78, 5) is 24.5. The van der Waals surface area contributed by atoms with Gasteiger partial charge in [0.15, 0.2) is 0 Å². The van der Waals surface area contributed by atoms with Crippen LogP contribution in [0, 0.1) is 6.92 Å². The maximum absolute atomic E-state index is 12.4. The lowest BCUT2D eigenvalue weighted by Gasteiger charge is -2.13. The molecule has 1 N–H and O–H groups in total. The number of methoxy groups -OCH3 is 1. The van der Waals surface area contributed by atoms with Gasteiger partial charge in [0.25, 0.3) is 11.8 Å². The van der Waals surface area contributed by atoms with Crippen LogP contribution in [0.2, 0.25) is 0 Å². The summed E-state index contributed by atoms with van der Waals surface area (Å²) in [5, 5.41) is 10.4. The maximum Gasteiger partial charge on any atom is 0.338 e. The van der Waals surface area contributed by atoms with Crippen LogP contribution in [0.1, 0.15) is 27.9 Å². The van der Waals surface area contributed by atoms with E-state index in [4.69, 9.17) is 9.15 Å². The summed E-state index contributed by atoms with van der Waals surface area (Å²) < 4.78 is 10.3. The zero-order valence-corrected chi connectivity index (χ0v) is 14.3. The number of aromatic nitrogens is 2. The highest BCUT2D eigenvalue weighted by Crippen LogP contribution is 2.21. The van der Waals surface area contributed by atoms with Crippen LogP contribution < -0.4 is 5.32 Å². The first-order valence-electron chi connectivity index (χ1n) is 7.92. The molecule has 1 heterocycles. The van der Waals surface area contributed by atoms with Crippen molar-refractivity contribution in [3.05, 3.63) is 71.6 Å². The third-order valence-corrected chi connectivity index (χ3v) is 3.73. The molecule has 132 valence electrons. The molecule has 0 aliphatic rings. The molecule has 1 aromatic heterocycles. The smallest absolute Gasteiger partial charge is 0.338 e. The number of nitrogens with one attached hydrogen (secondary N) is 1. The lowest BCUT2D eigenvalue weighted by atomic mass is 10.1. The minimum atomic E-state index is -1.20. The summed E-state index contributed by atoms with van der Waals surface area (Å²) in [6.07, 6.45) is 0. The van der Waals surface area contributed by atoms with Gasteiger partial charge in [0.1, 0.15) is 0 Å². The fraction of sp³-hybridized carbons (Fsp3) is 0.158. The van der Waals surface area contributed by atoms with Gasteiger partial charge in [-0.05, 0) is 31.2 Å². The number of nitrogens with zero attached hydrogens (tertiary/aromatic N) is 2. The van der Waals surface area contributed by atoms with E-state index < -0.39 is 17.9 Å². The van der Waals surface area contributed by atoms with Gasteiger partial charge in [-0.25, -0.2) is 4.79 Å². The predicted octanol–water partition coefficient (Wildman–Crippen LogP) is 2.69. The largest absolute Gasteiger partial charge is 0.467 e. The Morgan fingerprint density at radius 2 is 1.73 bits per heavy atom. The van der Waals surface area contributed by atoms with Crippen LogP contribution in [0.15, 0.2) is 59.0 Å². The van der Waals surface area contributed by atoms with Gasteiger partial charge in [0.05, 0.1) is 7.11 Å². The molecule has 0 fully saturated rings. The summed E-state index contributed by atoms with van der Waals surface area (Å²) in [5.74, 6) is -0.941. The van der Waals surface area contributed by atoms with Crippen molar-refractivity contribution in [2.75, 3.05) is 7.11 Å². The Labute approximate surface area is 150 Å². The fourth-order valence-corrected chi connectivity index (χ4v) is 2.31. The van der Waals surface area contributed by atoms with E-state index >= 15 is 0 Å². The SMILES string of the molecule is COC(=O)[C@@H](NC(=O)c1ccc(C)cc1)c1nnc(-c2ccccc2)o1. The second kappa shape index (κ2) is 7.60. The molecule has 3 rings (SSSR count). The van der Waals surface area contributed by atoms with Crippen molar-refractivity contribution >= 4 is 11.9 Å². The van der Waals surface area contributed by atoms with E-state index in [0.29, 0.717) is 11.1 Å². The summed E-state index contributed by atoms with van der Waals surface area (Å²) in [6, 6.07) is 14.9. The van der Waals surface area contributed by atoms with Crippen LogP contribution in [0.4, 0.5) is 0 Å². The van der Waals surface area contributed by atoms with E-state index in [-0.39, 0.29) is 11.8 Å². The molecule has 1 amide bonds. The Kier molecular flexibility index (Phi) is 5.07. The van der Waals surface area contributed by atoms with Crippen molar-refractivity contribution in [1.29, 1.82) is 0 Å². The van der Waals surface area contributed by atoms with E-state index in [1.54, 1.807) is 24.3 Å². The summed E-state index contributed by atoms with van der Waals surface area (Å²) in [6.45, 7) is 1.92. The van der Waals surface area contributed by atoms with Crippen LogP contribution in [0.25, 0.3) is 11.5 Å². The zero-order chi connectivity index (χ0) is 18.5. The molecular formula is C19H17N3O4. The Morgan fingerprint density at radius 1 is 1.04 bits per heavy atom. The summed E-state index contributed by atoms with van der Waals surface area (Å²) >= 11 is 0. The predicted molar refractivity (Wildman–Crippen MR) is 93.1 cm³/mol. The average molecular weight is 351 g/mol. The highest BCUT2D eigenvalue weighted by molar-refractivity contribution is 5.96. The molecule has 0 radical (unpaired) electrons. The molecule has 0 bridgehead atoms. The quantitative estimate of drug-likeness (QED) is 0.710. The Morgan fingerprint density at radius 3 is 2.38 bits per heavy atom. The minimum Gasteiger partial charge on any atom is -0.467 e. The standard InChI is InChI=1S/C19H17N3O4/c1-12-8-10-13(11-9-12)16(23)20-15(19(24)25-2)18-22-21-17(26-18)14-6-4-3-5-7-14/h3-11,15H,1-2H3,(H,20,23)/t15-/m0/s1. The number of carbonyl (C=O) groups is 2. The van der Waals surface area contributed by atoms with E-state index in [2.05, 4.69) is 15.5 Å². The summed E-state index contributed by atoms with van der Waals surface area (Å²) in [7, 11) is 1.22. The van der Waals surface area contributed by atoms with E-state index in [0.717, 1.165) is 5.56 Å². The lowest BCUT2D eigenvalue weighted by molar-refractivity contribution is -0.143. The number of hydrogen-bond donors (Lipinski definition) is 1. The Hall–Kier alpha value is -3.48. The number of carbonyl (C=O) groups excluding carboxylic acids is 2. The lowest BCUT2D eigenvalue weighted by Crippen LogP contribution is -2.34. The van der Waals surface area contributed by atoms with E-state index in [1.807, 2.05) is 37.3 Å². The van der Waals surface area contributed by atoms with Crippen LogP contribution in [-0.4, -0.2) is 29.2 Å². The normalized spacial score (nSPS) is 11.6. The second-order valence-corrected chi connectivity index (χ2v) is 5.61. The average Bonchev–Trinajstić information content (AvgIpc) is 3.16. The topological polar surface area (TPSA) is 94.3 Å². The molecule has 1 atom stereocenters. The molecule has 0 unspecified atom stereocenters. The molecule has 0 spiro atoms. The number of esters is 1. The summed E-state index contributed by atoms with van der Waals surface area (Å²) in [5.41, 5.74) is 2.14. The fourth-order valence-electron chi connectivity index (χ4n) is 2.31. The minimum absolute atomic E-state index is 0.0452. The molecule has 0 saturated carbocycles. The molecule has 3 aromatic rings. The van der Waals surface area contributed by atoms with E-state index in [1.165, 1.54) is 7.11 Å². The molecule has 26 heavy (non-hydrogen) atoms. The number of rotatable bonds is 5. The van der Waals surface area contributed by atoms with Crippen LogP contribution in [0.5, 0.6) is 0 Å². The highest BCUT2D eigenvalue weighted by Gasteiger charge is 2.30. The highest BCUT2D eigenvalue weighted by atomic mass is 16.5. The number of benzene rings is 2. The van der Waals surface area contributed by atoms with Gasteiger partial charge in [-0.2, -0.15) is 0 Å². The molecule has 0 aliphatic carbocycles. The Bertz CT molecular complexity index is 904. The third-order valence-electron chi connectivity index (χ3n) is 3.73. The monoisotopic (exact) mass is 351 g/mol. The van der Waals surface area contributed by atoms with Gasteiger partial charge < -0.3 is 14.5 Å². The van der Waals surface area contributed by atoms with Crippen LogP contribution in [0.3, 0.4) is 0 Å². The van der Waals surface area contributed by atoms with Crippen molar-refractivity contribution in [3.8, 4) is 11.5 Å². The molecule has 7 nitrogen and oxygen atoms in total. The van der Waals surface area contributed by atoms with Crippen molar-refractivity contribution < 1.29 is 18.7 Å². The van der Waals surface area contributed by atoms with Crippen molar-refractivity contribution in [2.45, 2.75) is 13.0 Å². The number of ether oxygens (including phenoxy) is 1. The van der Waals surface area contributed by atoms with Gasteiger partial charge in [-0.3, -0.25) is 4.79 Å². The molecule has 0 aliphatic heterocycles. The number of aryl methyl sites for hydroxylation is 1. The third kappa shape index (κ3) is 3.77. The molecule has 2 aromatic carbocycles. The van der Waals surface area contributed by atoms with Crippen molar-refractivity contribution in [1.82, 2.24) is 15.5 Å². The van der Waals surface area contributed by atoms with Gasteiger partial charge in [-0.15, -0.1) is 10.2 Å². The number of amides is 1. The second-order valence-electron chi connectivity index (χ2n) is 5.61. The van der Waals surface area contributed by atoms with Crippen molar-refractivity contribution in [3.63, 3.8) is 0 Å². The van der Waals surface area contributed by atoms with Gasteiger partial charge in [-0.1, -0.05) is 35.9 Å².